The Morgan fingerprint density at radius 1 is 1.46 bits per heavy atom. The lowest BCUT2D eigenvalue weighted by molar-refractivity contribution is 0.0698. The number of carbonyl (C=O) groups is 1. The minimum absolute atomic E-state index is 0.00586. The molecule has 1 unspecified atom stereocenters. The van der Waals surface area contributed by atoms with Gasteiger partial charge in [0, 0.05) is 23.3 Å². The minimum Gasteiger partial charge on any atom is -0.494 e. The van der Waals surface area contributed by atoms with E-state index in [1.54, 1.807) is 0 Å². The van der Waals surface area contributed by atoms with Gasteiger partial charge in [-0.25, -0.2) is 14.2 Å². The van der Waals surface area contributed by atoms with E-state index in [4.69, 9.17) is 9.26 Å². The summed E-state index contributed by atoms with van der Waals surface area (Å²) < 4.78 is 25.8. The summed E-state index contributed by atoms with van der Waals surface area (Å²) in [5.74, 6) is -1.73. The number of aromatic carboxylic acids is 1. The number of hydrogen-bond donors (Lipinski definition) is 2. The first kappa shape index (κ1) is 18.0. The van der Waals surface area contributed by atoms with Crippen LogP contribution in [0.5, 0.6) is 5.75 Å². The molecule has 144 valence electrons. The number of ether oxygens (including phenoxy) is 1. The van der Waals surface area contributed by atoms with E-state index in [-0.39, 0.29) is 28.9 Å². The monoisotopic (exact) mass is 402 g/mol. The average molecular weight is 402 g/mol. The van der Waals surface area contributed by atoms with Crippen LogP contribution in [-0.4, -0.2) is 32.7 Å². The van der Waals surface area contributed by atoms with Crippen LogP contribution in [0.3, 0.4) is 0 Å². The Hall–Kier alpha value is -3.40. The fourth-order valence-electron chi connectivity index (χ4n) is 2.82. The molecule has 3 heterocycles. The number of fused-ring (bicyclic) bond motifs is 1. The topological polar surface area (TPSA) is 102 Å². The molecule has 3 aromatic heterocycles. The lowest BCUT2D eigenvalue weighted by Crippen LogP contribution is -2.11. The number of benzene rings is 1. The van der Waals surface area contributed by atoms with E-state index in [1.165, 1.54) is 36.6 Å². The maximum atomic E-state index is 13.7. The van der Waals surface area contributed by atoms with E-state index in [1.807, 2.05) is 29.1 Å². The van der Waals surface area contributed by atoms with Crippen LogP contribution in [-0.2, 0) is 0 Å². The largest absolute Gasteiger partial charge is 0.494 e. The molecule has 0 amide bonds. The van der Waals surface area contributed by atoms with Crippen molar-refractivity contribution in [2.75, 3.05) is 12.4 Å². The molecule has 1 aromatic carbocycles. The van der Waals surface area contributed by atoms with E-state index in [0.717, 1.165) is 10.7 Å². The number of rotatable bonds is 6. The number of methoxy groups -OCH3 is 1. The molecule has 0 saturated heterocycles. The number of anilines is 1. The zero-order chi connectivity index (χ0) is 19.8. The summed E-state index contributed by atoms with van der Waals surface area (Å²) in [6.07, 6.45) is 3.75. The molecule has 4 aromatic rings. The van der Waals surface area contributed by atoms with Crippen LogP contribution in [0.1, 0.15) is 29.0 Å². The van der Waals surface area contributed by atoms with Crippen molar-refractivity contribution in [1.82, 2.24) is 14.5 Å². The van der Waals surface area contributed by atoms with Crippen LogP contribution in [0.25, 0.3) is 16.3 Å². The Bertz CT molecular complexity index is 1140. The smallest absolute Gasteiger partial charge is 0.343 e. The van der Waals surface area contributed by atoms with Gasteiger partial charge < -0.3 is 19.7 Å². The molecular formula is C18H15FN4O4S. The predicted octanol–water partition coefficient (Wildman–Crippen LogP) is 4.07. The van der Waals surface area contributed by atoms with Crippen LogP contribution in [0.4, 0.5) is 10.2 Å². The first-order valence-corrected chi connectivity index (χ1v) is 9.11. The van der Waals surface area contributed by atoms with E-state index in [9.17, 15) is 14.3 Å². The highest BCUT2D eigenvalue weighted by Gasteiger charge is 2.26. The molecule has 0 saturated carbocycles. The molecule has 0 spiro atoms. The standard InChI is InChI=1S/C18H15FN4O4S/c1-9(12-8-23-5-6-28-18(23)21-12)20-16-14(17(24)25)15(27-22-16)10-3-4-11(19)13(7-10)26-2/h3-9H,1-2H3,(H,20,22)(H,24,25). The Balaban J connectivity index is 1.68. The van der Waals surface area contributed by atoms with Gasteiger partial charge in [-0.1, -0.05) is 5.16 Å². The molecule has 10 heteroatoms. The van der Waals surface area contributed by atoms with Gasteiger partial charge in [0.1, 0.15) is 0 Å². The van der Waals surface area contributed by atoms with Crippen LogP contribution >= 0.6 is 11.3 Å². The Kier molecular flexibility index (Phi) is 4.47. The predicted molar refractivity (Wildman–Crippen MR) is 101 cm³/mol. The van der Waals surface area contributed by atoms with Crippen LogP contribution in [0.15, 0.2) is 40.5 Å². The quantitative estimate of drug-likeness (QED) is 0.501. The van der Waals surface area contributed by atoms with Gasteiger partial charge in [0.25, 0.3) is 0 Å². The maximum absolute atomic E-state index is 13.7. The zero-order valence-corrected chi connectivity index (χ0v) is 15.7. The summed E-state index contributed by atoms with van der Waals surface area (Å²) in [5, 5.41) is 18.5. The van der Waals surface area contributed by atoms with Crippen LogP contribution in [0.2, 0.25) is 0 Å². The first-order chi connectivity index (χ1) is 13.5. The fourth-order valence-corrected chi connectivity index (χ4v) is 3.53. The van der Waals surface area contributed by atoms with Crippen molar-refractivity contribution in [3.8, 4) is 17.1 Å². The lowest BCUT2D eigenvalue weighted by Gasteiger charge is -2.10. The van der Waals surface area contributed by atoms with Crippen molar-refractivity contribution in [2.45, 2.75) is 13.0 Å². The van der Waals surface area contributed by atoms with E-state index >= 15 is 0 Å². The van der Waals surface area contributed by atoms with Crippen molar-refractivity contribution < 1.29 is 23.6 Å². The van der Waals surface area contributed by atoms with Gasteiger partial charge >= 0.3 is 5.97 Å². The zero-order valence-electron chi connectivity index (χ0n) is 14.8. The third kappa shape index (κ3) is 3.07. The molecule has 2 N–H and O–H groups in total. The Morgan fingerprint density at radius 3 is 3.00 bits per heavy atom. The molecule has 0 aliphatic heterocycles. The second kappa shape index (κ2) is 6.97. The number of carboxylic acids is 1. The minimum atomic E-state index is -1.22. The van der Waals surface area contributed by atoms with Crippen molar-refractivity contribution in [3.05, 3.63) is 53.0 Å². The second-order valence-electron chi connectivity index (χ2n) is 6.01. The van der Waals surface area contributed by atoms with Gasteiger partial charge in [0.15, 0.2) is 33.7 Å². The number of aromatic nitrogens is 3. The van der Waals surface area contributed by atoms with Crippen molar-refractivity contribution >= 4 is 28.1 Å². The van der Waals surface area contributed by atoms with Crippen molar-refractivity contribution in [2.24, 2.45) is 0 Å². The highest BCUT2D eigenvalue weighted by atomic mass is 32.1. The normalized spacial score (nSPS) is 12.2. The number of imidazole rings is 1. The summed E-state index contributed by atoms with van der Waals surface area (Å²) >= 11 is 1.50. The molecule has 8 nitrogen and oxygen atoms in total. The maximum Gasteiger partial charge on any atom is 0.343 e. The molecule has 4 rings (SSSR count). The van der Waals surface area contributed by atoms with Gasteiger partial charge in [-0.2, -0.15) is 0 Å². The summed E-state index contributed by atoms with van der Waals surface area (Å²) in [4.78, 5) is 17.2. The molecule has 0 aliphatic rings. The van der Waals surface area contributed by atoms with Crippen molar-refractivity contribution in [1.29, 1.82) is 0 Å². The first-order valence-electron chi connectivity index (χ1n) is 8.23. The van der Waals surface area contributed by atoms with Gasteiger partial charge in [0.05, 0.1) is 18.8 Å². The fraction of sp³-hybridized carbons (Fsp3) is 0.167. The number of nitrogens with one attached hydrogen (secondary N) is 1. The summed E-state index contributed by atoms with van der Waals surface area (Å²) in [6, 6.07) is 3.63. The molecule has 0 aliphatic carbocycles. The van der Waals surface area contributed by atoms with E-state index in [2.05, 4.69) is 15.5 Å². The van der Waals surface area contributed by atoms with E-state index < -0.39 is 11.8 Å². The SMILES string of the molecule is COc1cc(-c2onc(NC(C)c3cn4ccsc4n3)c2C(=O)O)ccc1F. The molecular weight excluding hydrogens is 387 g/mol. The number of carboxylic acid groups (broad SMARTS) is 1. The van der Waals surface area contributed by atoms with Crippen LogP contribution in [0, 0.1) is 5.82 Å². The highest BCUT2D eigenvalue weighted by molar-refractivity contribution is 7.15. The molecule has 0 radical (unpaired) electrons. The number of thiazole rings is 1. The van der Waals surface area contributed by atoms with E-state index in [0.29, 0.717) is 5.56 Å². The number of hydrogen-bond acceptors (Lipinski definition) is 7. The lowest BCUT2D eigenvalue weighted by atomic mass is 10.1. The average Bonchev–Trinajstić information content (AvgIpc) is 3.36. The Labute approximate surface area is 162 Å². The highest BCUT2D eigenvalue weighted by Crippen LogP contribution is 2.33. The third-order valence-corrected chi connectivity index (χ3v) is 5.00. The van der Waals surface area contributed by atoms with Gasteiger partial charge in [0.2, 0.25) is 0 Å². The molecule has 0 fully saturated rings. The van der Waals surface area contributed by atoms with Gasteiger partial charge in [-0.3, -0.25) is 4.40 Å². The second-order valence-corrected chi connectivity index (χ2v) is 6.89. The van der Waals surface area contributed by atoms with Gasteiger partial charge in [-0.05, 0) is 25.1 Å². The molecule has 0 bridgehead atoms. The molecule has 1 atom stereocenters. The molecule has 28 heavy (non-hydrogen) atoms. The summed E-state index contributed by atoms with van der Waals surface area (Å²) in [6.45, 7) is 1.84. The van der Waals surface area contributed by atoms with Crippen LogP contribution < -0.4 is 10.1 Å². The van der Waals surface area contributed by atoms with Crippen molar-refractivity contribution in [3.63, 3.8) is 0 Å². The Morgan fingerprint density at radius 2 is 2.29 bits per heavy atom. The van der Waals surface area contributed by atoms with Gasteiger partial charge in [-0.15, -0.1) is 11.3 Å². The summed E-state index contributed by atoms with van der Waals surface area (Å²) in [5.41, 5.74) is 0.920. The number of nitrogens with zero attached hydrogens (tertiary/aromatic N) is 3. The number of halogens is 1. The summed E-state index contributed by atoms with van der Waals surface area (Å²) in [7, 11) is 1.32. The third-order valence-electron chi connectivity index (χ3n) is 4.23.